The second-order valence-corrected chi connectivity index (χ2v) is 9.17. The Labute approximate surface area is 180 Å². The molecule has 3 heterocycles. The SMILES string of the molecule is Clc1cccc2c1Oc1ccccc1-c1cc(COCCN3CCCCC3)sc1-2. The lowest BCUT2D eigenvalue weighted by Crippen LogP contribution is -2.32. The quantitative estimate of drug-likeness (QED) is 0.326. The van der Waals surface area contributed by atoms with Crippen molar-refractivity contribution >= 4 is 22.9 Å². The van der Waals surface area contributed by atoms with Crippen LogP contribution in [0.15, 0.2) is 48.5 Å². The van der Waals surface area contributed by atoms with Crippen molar-refractivity contribution in [2.45, 2.75) is 25.9 Å². The van der Waals surface area contributed by atoms with Crippen molar-refractivity contribution in [1.82, 2.24) is 4.90 Å². The van der Waals surface area contributed by atoms with Crippen LogP contribution in [-0.4, -0.2) is 31.1 Å². The molecular formula is C24H24ClNO2S. The van der Waals surface area contributed by atoms with Crippen LogP contribution in [0.2, 0.25) is 5.02 Å². The molecule has 1 fully saturated rings. The van der Waals surface area contributed by atoms with E-state index in [4.69, 9.17) is 21.1 Å². The van der Waals surface area contributed by atoms with Crippen molar-refractivity contribution in [2.24, 2.45) is 0 Å². The number of fused-ring (bicyclic) bond motifs is 5. The summed E-state index contributed by atoms with van der Waals surface area (Å²) in [5.74, 6) is 1.58. The molecule has 2 aliphatic rings. The Morgan fingerprint density at radius 3 is 2.69 bits per heavy atom. The standard InChI is InChI=1S/C24H24ClNO2S/c25-21-9-6-8-19-23(21)28-22-10-3-2-7-18(22)20-15-17(29-24(19)20)16-27-14-13-26-11-4-1-5-12-26/h2-3,6-10,15H,1,4-5,11-14,16H2. The van der Waals surface area contributed by atoms with Gasteiger partial charge < -0.3 is 14.4 Å². The summed E-state index contributed by atoms with van der Waals surface area (Å²) in [5, 5.41) is 0.637. The Kier molecular flexibility index (Phi) is 5.60. The molecule has 150 valence electrons. The van der Waals surface area contributed by atoms with E-state index in [1.807, 2.05) is 24.3 Å². The van der Waals surface area contributed by atoms with Gasteiger partial charge in [-0.3, -0.25) is 0 Å². The number of piperidine rings is 1. The first kappa shape index (κ1) is 19.1. The Morgan fingerprint density at radius 1 is 0.966 bits per heavy atom. The Bertz CT molecular complexity index is 1010. The highest BCUT2D eigenvalue weighted by Gasteiger charge is 2.24. The van der Waals surface area contributed by atoms with Crippen molar-refractivity contribution in [3.8, 4) is 33.1 Å². The van der Waals surface area contributed by atoms with Gasteiger partial charge in [0.05, 0.1) is 18.2 Å². The lowest BCUT2D eigenvalue weighted by molar-refractivity contribution is 0.0878. The summed E-state index contributed by atoms with van der Waals surface area (Å²) in [6, 6.07) is 16.4. The third-order valence-corrected chi connectivity index (χ3v) is 7.07. The second kappa shape index (κ2) is 8.49. The molecule has 2 aliphatic heterocycles. The molecule has 0 atom stereocenters. The maximum absolute atomic E-state index is 6.48. The van der Waals surface area contributed by atoms with E-state index in [9.17, 15) is 0 Å². The van der Waals surface area contributed by atoms with Crippen LogP contribution in [0.5, 0.6) is 11.5 Å². The predicted octanol–water partition coefficient (Wildman–Crippen LogP) is 6.84. The maximum atomic E-state index is 6.48. The number of para-hydroxylation sites is 2. The molecule has 0 saturated carbocycles. The maximum Gasteiger partial charge on any atom is 0.154 e. The fourth-order valence-corrected chi connectivity index (χ4v) is 5.49. The van der Waals surface area contributed by atoms with Crippen LogP contribution in [0.3, 0.4) is 0 Å². The van der Waals surface area contributed by atoms with Crippen LogP contribution in [0.1, 0.15) is 24.1 Å². The van der Waals surface area contributed by atoms with Crippen LogP contribution >= 0.6 is 22.9 Å². The topological polar surface area (TPSA) is 21.7 Å². The minimum atomic E-state index is 0.637. The number of benzene rings is 2. The largest absolute Gasteiger partial charge is 0.454 e. The number of rotatable bonds is 5. The zero-order valence-electron chi connectivity index (χ0n) is 16.3. The van der Waals surface area contributed by atoms with Gasteiger partial charge in [-0.05, 0) is 50.2 Å². The molecule has 29 heavy (non-hydrogen) atoms. The average Bonchev–Trinajstić information content (AvgIpc) is 3.12. The number of nitrogens with zero attached hydrogens (tertiary/aromatic N) is 1. The molecule has 0 bridgehead atoms. The van der Waals surface area contributed by atoms with Gasteiger partial charge in [-0.15, -0.1) is 11.3 Å². The van der Waals surface area contributed by atoms with Gasteiger partial charge in [0.1, 0.15) is 5.75 Å². The summed E-state index contributed by atoms with van der Waals surface area (Å²) in [5.41, 5.74) is 3.35. The van der Waals surface area contributed by atoms with Gasteiger partial charge >= 0.3 is 0 Å². The summed E-state index contributed by atoms with van der Waals surface area (Å²) < 4.78 is 12.3. The minimum Gasteiger partial charge on any atom is -0.454 e. The number of likely N-dealkylation sites (tertiary alicyclic amines) is 1. The van der Waals surface area contributed by atoms with Crippen LogP contribution in [-0.2, 0) is 11.3 Å². The fourth-order valence-electron chi connectivity index (χ4n) is 4.14. The molecule has 2 aromatic carbocycles. The highest BCUT2D eigenvalue weighted by Crippen LogP contribution is 2.52. The lowest BCUT2D eigenvalue weighted by atomic mass is 10.0. The lowest BCUT2D eigenvalue weighted by Gasteiger charge is -2.26. The molecule has 0 aliphatic carbocycles. The van der Waals surface area contributed by atoms with Crippen LogP contribution in [0.25, 0.3) is 21.6 Å². The molecule has 1 aromatic heterocycles. The van der Waals surface area contributed by atoms with Gasteiger partial charge in [-0.1, -0.05) is 42.3 Å². The first-order valence-corrected chi connectivity index (χ1v) is 11.5. The third kappa shape index (κ3) is 3.95. The van der Waals surface area contributed by atoms with Crippen molar-refractivity contribution in [1.29, 1.82) is 0 Å². The zero-order valence-corrected chi connectivity index (χ0v) is 17.9. The minimum absolute atomic E-state index is 0.637. The van der Waals surface area contributed by atoms with Crippen molar-refractivity contribution in [2.75, 3.05) is 26.2 Å². The van der Waals surface area contributed by atoms with Gasteiger partial charge in [0.25, 0.3) is 0 Å². The molecule has 0 spiro atoms. The highest BCUT2D eigenvalue weighted by atomic mass is 35.5. The number of hydrogen-bond acceptors (Lipinski definition) is 4. The summed E-state index contributed by atoms with van der Waals surface area (Å²) in [6.07, 6.45) is 4.01. The van der Waals surface area contributed by atoms with Crippen molar-refractivity contribution < 1.29 is 9.47 Å². The van der Waals surface area contributed by atoms with Gasteiger partial charge in [0.15, 0.2) is 5.75 Å². The Hall–Kier alpha value is -1.85. The summed E-state index contributed by atoms with van der Waals surface area (Å²) in [4.78, 5) is 4.94. The molecule has 5 heteroatoms. The summed E-state index contributed by atoms with van der Waals surface area (Å²) in [7, 11) is 0. The van der Waals surface area contributed by atoms with Crippen molar-refractivity contribution in [3.63, 3.8) is 0 Å². The van der Waals surface area contributed by atoms with E-state index < -0.39 is 0 Å². The van der Waals surface area contributed by atoms with E-state index in [2.05, 4.69) is 29.2 Å². The molecule has 0 unspecified atom stereocenters. The summed E-state index contributed by atoms with van der Waals surface area (Å²) in [6.45, 7) is 4.88. The molecule has 3 aromatic rings. The molecule has 0 radical (unpaired) electrons. The first-order chi connectivity index (χ1) is 14.3. The molecule has 5 rings (SSSR count). The zero-order chi connectivity index (χ0) is 19.6. The number of hydrogen-bond donors (Lipinski definition) is 0. The predicted molar refractivity (Wildman–Crippen MR) is 120 cm³/mol. The third-order valence-electron chi connectivity index (χ3n) is 5.63. The van der Waals surface area contributed by atoms with Crippen molar-refractivity contribution in [3.05, 3.63) is 58.4 Å². The van der Waals surface area contributed by atoms with Crippen LogP contribution in [0.4, 0.5) is 0 Å². The monoisotopic (exact) mass is 425 g/mol. The Morgan fingerprint density at radius 2 is 1.79 bits per heavy atom. The Balaban J connectivity index is 1.39. The molecule has 0 amide bonds. The molecular weight excluding hydrogens is 402 g/mol. The van der Waals surface area contributed by atoms with E-state index in [1.165, 1.54) is 47.7 Å². The van der Waals surface area contributed by atoms with Gasteiger partial charge in [-0.2, -0.15) is 0 Å². The molecule has 0 N–H and O–H groups in total. The van der Waals surface area contributed by atoms with E-state index in [-0.39, 0.29) is 0 Å². The fraction of sp³-hybridized carbons (Fsp3) is 0.333. The second-order valence-electron chi connectivity index (χ2n) is 7.63. The van der Waals surface area contributed by atoms with Gasteiger partial charge in [-0.25, -0.2) is 0 Å². The number of ether oxygens (including phenoxy) is 2. The van der Waals surface area contributed by atoms with E-state index in [1.54, 1.807) is 11.3 Å². The first-order valence-electron chi connectivity index (χ1n) is 10.3. The van der Waals surface area contributed by atoms with E-state index in [0.717, 1.165) is 35.8 Å². The highest BCUT2D eigenvalue weighted by molar-refractivity contribution is 7.16. The van der Waals surface area contributed by atoms with Crippen LogP contribution in [0, 0.1) is 0 Å². The van der Waals surface area contributed by atoms with E-state index >= 15 is 0 Å². The average molecular weight is 426 g/mol. The number of halogens is 1. The van der Waals surface area contributed by atoms with Gasteiger partial charge in [0, 0.05) is 33.0 Å². The normalized spacial score (nSPS) is 15.8. The smallest absolute Gasteiger partial charge is 0.154 e. The molecule has 1 saturated heterocycles. The van der Waals surface area contributed by atoms with Crippen LogP contribution < -0.4 is 4.74 Å². The van der Waals surface area contributed by atoms with E-state index in [0.29, 0.717) is 11.6 Å². The summed E-state index contributed by atoms with van der Waals surface area (Å²) >= 11 is 8.25. The van der Waals surface area contributed by atoms with Gasteiger partial charge in [0.2, 0.25) is 0 Å². The molecule has 3 nitrogen and oxygen atoms in total. The number of thiophene rings is 1.